The van der Waals surface area contributed by atoms with Crippen molar-refractivity contribution in [2.45, 2.75) is 46.0 Å². The first-order valence-electron chi connectivity index (χ1n) is 12.7. The molecule has 0 atom stereocenters. The van der Waals surface area contributed by atoms with Gasteiger partial charge in [0, 0.05) is 60.2 Å². The third-order valence-corrected chi connectivity index (χ3v) is 7.22. The van der Waals surface area contributed by atoms with Gasteiger partial charge in [-0.1, -0.05) is 11.6 Å². The lowest BCUT2D eigenvalue weighted by atomic mass is 9.99. The zero-order valence-electron chi connectivity index (χ0n) is 20.7. The molecule has 2 aromatic heterocycles. The number of benzene rings is 1. The molecule has 3 heterocycles. The predicted octanol–water partition coefficient (Wildman–Crippen LogP) is 5.88. The fraction of sp³-hybridized carbons (Fsp3) is 0.429. The van der Waals surface area contributed by atoms with Gasteiger partial charge in [0.2, 0.25) is 0 Å². The lowest BCUT2D eigenvalue weighted by Gasteiger charge is -2.36. The van der Waals surface area contributed by atoms with Crippen LogP contribution in [0.25, 0.3) is 6.08 Å². The van der Waals surface area contributed by atoms with Crippen LogP contribution in [0.2, 0.25) is 0 Å². The molecule has 0 radical (unpaired) electrons. The van der Waals surface area contributed by atoms with Crippen LogP contribution in [0.15, 0.2) is 41.6 Å². The van der Waals surface area contributed by atoms with E-state index in [4.69, 9.17) is 16.3 Å². The molecule has 1 fully saturated rings. The summed E-state index contributed by atoms with van der Waals surface area (Å²) in [5, 5.41) is 0.980. The van der Waals surface area contributed by atoms with Crippen molar-refractivity contribution in [1.29, 1.82) is 0 Å². The lowest BCUT2D eigenvalue weighted by molar-refractivity contribution is 0.253. The lowest BCUT2D eigenvalue weighted by Crippen LogP contribution is -2.46. The predicted molar refractivity (Wildman–Crippen MR) is 143 cm³/mol. The second-order valence-electron chi connectivity index (χ2n) is 9.61. The van der Waals surface area contributed by atoms with Gasteiger partial charge < -0.3 is 14.6 Å². The van der Waals surface area contributed by atoms with E-state index in [0.717, 1.165) is 67.6 Å². The number of hydrogen-bond donors (Lipinski definition) is 1. The van der Waals surface area contributed by atoms with Crippen LogP contribution in [0, 0.1) is 13.8 Å². The van der Waals surface area contributed by atoms with Gasteiger partial charge in [0.25, 0.3) is 0 Å². The minimum atomic E-state index is 0.403. The smallest absolute Gasteiger partial charge is 0.322 e. The van der Waals surface area contributed by atoms with E-state index in [1.165, 1.54) is 41.9 Å². The highest BCUT2D eigenvalue weighted by atomic mass is 35.5. The molecule has 184 valence electrons. The first-order chi connectivity index (χ1) is 17.0. The zero-order chi connectivity index (χ0) is 24.2. The minimum absolute atomic E-state index is 0.403. The van der Waals surface area contributed by atoms with E-state index in [0.29, 0.717) is 6.01 Å². The van der Waals surface area contributed by atoms with Crippen molar-refractivity contribution in [1.82, 2.24) is 19.9 Å². The summed E-state index contributed by atoms with van der Waals surface area (Å²) in [6, 6.07) is 10.6. The van der Waals surface area contributed by atoms with Gasteiger partial charge in [-0.15, -0.1) is 0 Å². The molecular formula is C28H34ClN5O. The number of unbranched alkanes of at least 4 members (excludes halogenated alkanes) is 1. The number of aryl methyl sites for hydroxylation is 4. The highest BCUT2D eigenvalue weighted by Crippen LogP contribution is 2.29. The van der Waals surface area contributed by atoms with Gasteiger partial charge in [-0.05, 0) is 100 Å². The fourth-order valence-corrected chi connectivity index (χ4v) is 5.24. The first-order valence-corrected chi connectivity index (χ1v) is 13.0. The SMILES string of the molecule is Cc1cc(C)nc(Oc2ccc(N3CCN(CCCCc4c[nH]c5c4C=C(Cl)CC5)CC3)cc2)n1. The Kier molecular flexibility index (Phi) is 7.40. The van der Waals surface area contributed by atoms with Crippen LogP contribution in [0.4, 0.5) is 5.69 Å². The molecule has 5 rings (SSSR count). The van der Waals surface area contributed by atoms with E-state index in [1.54, 1.807) is 0 Å². The second kappa shape index (κ2) is 10.8. The number of nitrogens with zero attached hydrogens (tertiary/aromatic N) is 4. The molecule has 2 aliphatic rings. The summed E-state index contributed by atoms with van der Waals surface area (Å²) >= 11 is 6.27. The maximum absolute atomic E-state index is 6.27. The average molecular weight is 492 g/mol. The number of H-pyrrole nitrogens is 1. The molecule has 0 saturated carbocycles. The molecule has 0 unspecified atom stereocenters. The first kappa shape index (κ1) is 23.9. The molecule has 1 aliphatic carbocycles. The van der Waals surface area contributed by atoms with Gasteiger partial charge in [0.05, 0.1) is 0 Å². The monoisotopic (exact) mass is 491 g/mol. The van der Waals surface area contributed by atoms with Crippen molar-refractivity contribution in [3.8, 4) is 11.8 Å². The molecule has 0 bridgehead atoms. The molecular weight excluding hydrogens is 458 g/mol. The maximum Gasteiger partial charge on any atom is 0.322 e. The molecule has 1 saturated heterocycles. The largest absolute Gasteiger partial charge is 0.424 e. The highest BCUT2D eigenvalue weighted by molar-refractivity contribution is 6.31. The summed E-state index contributed by atoms with van der Waals surface area (Å²) in [4.78, 5) is 17.2. The molecule has 35 heavy (non-hydrogen) atoms. The number of allylic oxidation sites excluding steroid dienone is 1. The number of fused-ring (bicyclic) bond motifs is 1. The molecule has 6 nitrogen and oxygen atoms in total. The van der Waals surface area contributed by atoms with Crippen LogP contribution in [0.1, 0.15) is 47.5 Å². The molecule has 1 N–H and O–H groups in total. The van der Waals surface area contributed by atoms with Crippen LogP contribution >= 0.6 is 11.6 Å². The number of aromatic nitrogens is 3. The molecule has 0 amide bonds. The molecule has 3 aromatic rings. The van der Waals surface area contributed by atoms with E-state index < -0.39 is 0 Å². The normalized spacial score (nSPS) is 16.2. The van der Waals surface area contributed by atoms with Crippen LogP contribution in [0.3, 0.4) is 0 Å². The van der Waals surface area contributed by atoms with Gasteiger partial charge in [-0.2, -0.15) is 0 Å². The van der Waals surface area contributed by atoms with Gasteiger partial charge in [-0.25, -0.2) is 9.97 Å². The number of halogens is 1. The number of hydrogen-bond acceptors (Lipinski definition) is 5. The third kappa shape index (κ3) is 6.06. The van der Waals surface area contributed by atoms with Crippen molar-refractivity contribution in [3.63, 3.8) is 0 Å². The van der Waals surface area contributed by atoms with Crippen molar-refractivity contribution in [3.05, 3.63) is 69.8 Å². The van der Waals surface area contributed by atoms with E-state index in [-0.39, 0.29) is 0 Å². The highest BCUT2D eigenvalue weighted by Gasteiger charge is 2.18. The topological polar surface area (TPSA) is 57.3 Å². The Morgan fingerprint density at radius 3 is 2.46 bits per heavy atom. The summed E-state index contributed by atoms with van der Waals surface area (Å²) in [7, 11) is 0. The van der Waals surface area contributed by atoms with Crippen molar-refractivity contribution in [2.75, 3.05) is 37.6 Å². The van der Waals surface area contributed by atoms with Gasteiger partial charge in [0.15, 0.2) is 0 Å². The van der Waals surface area contributed by atoms with Crippen molar-refractivity contribution >= 4 is 23.4 Å². The number of rotatable bonds is 8. The number of nitrogens with one attached hydrogen (secondary N) is 1. The van der Waals surface area contributed by atoms with E-state index >= 15 is 0 Å². The summed E-state index contributed by atoms with van der Waals surface area (Å²) in [6.45, 7) is 9.38. The Morgan fingerprint density at radius 1 is 0.971 bits per heavy atom. The standard InChI is InChI=1S/C28H34ClN5O/c1-20-17-21(2)32-28(31-20)35-25-9-7-24(8-10-25)34-15-13-33(14-16-34)12-4-3-5-22-19-30-27-11-6-23(29)18-26(22)27/h7-10,17-19,30H,3-6,11-16H2,1-2H3. The number of ether oxygens (including phenoxy) is 1. The van der Waals surface area contributed by atoms with Crippen molar-refractivity contribution < 1.29 is 4.74 Å². The molecule has 7 heteroatoms. The maximum atomic E-state index is 6.27. The minimum Gasteiger partial charge on any atom is -0.424 e. The van der Waals surface area contributed by atoms with Crippen LogP contribution in [0.5, 0.6) is 11.8 Å². The number of anilines is 1. The van der Waals surface area contributed by atoms with E-state index in [2.05, 4.69) is 49.2 Å². The summed E-state index contributed by atoms with van der Waals surface area (Å²) in [5.41, 5.74) is 7.16. The molecule has 1 aliphatic heterocycles. The molecule has 0 spiro atoms. The zero-order valence-corrected chi connectivity index (χ0v) is 21.4. The summed E-state index contributed by atoms with van der Waals surface area (Å²) in [5.74, 6) is 0.763. The average Bonchev–Trinajstić information content (AvgIpc) is 3.24. The fourth-order valence-electron chi connectivity index (χ4n) is 5.04. The third-order valence-electron chi connectivity index (χ3n) is 6.92. The molecule has 1 aromatic carbocycles. The van der Waals surface area contributed by atoms with Gasteiger partial charge in [0.1, 0.15) is 5.75 Å². The number of piperazine rings is 1. The van der Waals surface area contributed by atoms with Crippen molar-refractivity contribution in [2.24, 2.45) is 0 Å². The number of aromatic amines is 1. The summed E-state index contributed by atoms with van der Waals surface area (Å²) in [6.07, 6.45) is 9.88. The van der Waals surface area contributed by atoms with Gasteiger partial charge in [-0.3, -0.25) is 4.90 Å². The van der Waals surface area contributed by atoms with Crippen LogP contribution < -0.4 is 9.64 Å². The Bertz CT molecular complexity index is 1160. The quantitative estimate of drug-likeness (QED) is 0.398. The Labute approximate surface area is 213 Å². The van der Waals surface area contributed by atoms with Gasteiger partial charge >= 0.3 is 6.01 Å². The van der Waals surface area contributed by atoms with Crippen LogP contribution in [-0.2, 0) is 12.8 Å². The second-order valence-corrected chi connectivity index (χ2v) is 10.1. The van der Waals surface area contributed by atoms with Crippen LogP contribution in [-0.4, -0.2) is 52.6 Å². The van der Waals surface area contributed by atoms with E-state index in [1.807, 2.05) is 32.0 Å². The van der Waals surface area contributed by atoms with E-state index in [9.17, 15) is 0 Å². The Hall–Kier alpha value is -2.83. The Balaban J connectivity index is 1.05. The summed E-state index contributed by atoms with van der Waals surface area (Å²) < 4.78 is 5.86. The Morgan fingerprint density at radius 2 is 1.71 bits per heavy atom.